The molecule has 113 heavy (non-hydrogen) atoms. The molecule has 16 nitrogen and oxygen atoms in total. The summed E-state index contributed by atoms with van der Waals surface area (Å²) in [7, 11) is -9.81. The van der Waals surface area contributed by atoms with Crippen molar-refractivity contribution in [3.05, 3.63) is 170 Å². The van der Waals surface area contributed by atoms with Crippen LogP contribution in [0.25, 0.3) is 0 Å². The van der Waals surface area contributed by atoms with Gasteiger partial charge in [-0.1, -0.05) is 351 Å². The van der Waals surface area contributed by atoms with Gasteiger partial charge in [0.1, 0.15) is 25.4 Å². The third kappa shape index (κ3) is 87.6. The molecule has 0 spiro atoms. The monoisotopic (exact) mass is 1620 g/mol. The molecule has 18 heteroatoms. The van der Waals surface area contributed by atoms with Crippen LogP contribution in [0.4, 0.5) is 0 Å². The van der Waals surface area contributed by atoms with E-state index in [0.717, 1.165) is 193 Å². The molecular weight excluding hydrogens is 1460 g/mol. The number of carbonyl (C=O) groups is 3. The summed E-state index contributed by atoms with van der Waals surface area (Å²) in [5, 5.41) is 20.7. The van der Waals surface area contributed by atoms with Gasteiger partial charge in [-0.05, 0) is 154 Å². The molecule has 0 radical (unpaired) electrons. The Morgan fingerprint density at radius 1 is 0.257 bits per heavy atom. The zero-order valence-corrected chi connectivity index (χ0v) is 72.8. The number of hydrogen-bond acceptors (Lipinski definition) is 14. The lowest BCUT2D eigenvalue weighted by Gasteiger charge is -2.21. The standard InChI is InChI=1S/C95H160O16P2/c1-4-7-10-13-16-19-22-25-28-31-34-36-38-39-40-41-42-43-44-45-46-47-48-49-51-53-55-57-60-63-66-69-72-75-78-81-93(98)105-84-90(96)85-107-112(101,102)108-86-91(97)87-109-113(103,104)110-89-92(111-95(100)83-80-77-74-71-68-65-62-59-54-33-30-27-24-21-18-15-12-9-6-3)88-106-94(99)82-79-76-73-70-67-64-61-58-56-52-50-37-35-32-29-26-23-20-17-14-11-8-5-2/h7-8,10-11,16-21,25-30,34-37,39-40,42-43,52,54,56,59,90-92,96-97H,4-6,9,12-15,22-24,31-33,38,41,44-51,53,55,57-58,60-89H2,1-3H3,(H,101,102)(H,103,104)/b10-7-,11-8-,19-16-,20-17-,21-18-,28-25-,29-26-,30-27-,36-34-,37-35-,40-39-,43-42-,56-52-,59-54-. The molecule has 0 aromatic rings. The van der Waals surface area contributed by atoms with Crippen LogP contribution in [0.5, 0.6) is 0 Å². The number of aliphatic hydroxyl groups excluding tert-OH is 2. The van der Waals surface area contributed by atoms with Gasteiger partial charge in [0.2, 0.25) is 0 Å². The minimum absolute atomic E-state index is 0.0833. The number of aliphatic hydroxyl groups is 2. The summed E-state index contributed by atoms with van der Waals surface area (Å²) >= 11 is 0. The van der Waals surface area contributed by atoms with Gasteiger partial charge in [-0.25, -0.2) is 9.13 Å². The van der Waals surface area contributed by atoms with Crippen molar-refractivity contribution in [3.8, 4) is 0 Å². The van der Waals surface area contributed by atoms with Crippen LogP contribution in [-0.2, 0) is 55.8 Å². The maximum atomic E-state index is 13.0. The van der Waals surface area contributed by atoms with Gasteiger partial charge in [-0.3, -0.25) is 32.5 Å². The molecular formula is C95H160O16P2. The molecule has 4 N–H and O–H groups in total. The Hall–Kier alpha value is -5.09. The molecule has 646 valence electrons. The summed E-state index contributed by atoms with van der Waals surface area (Å²) in [6.45, 7) is 2.43. The highest BCUT2D eigenvalue weighted by atomic mass is 31.2. The van der Waals surface area contributed by atoms with Gasteiger partial charge in [0.15, 0.2) is 6.10 Å². The normalized spacial score (nSPS) is 14.6. The Morgan fingerprint density at radius 3 is 0.743 bits per heavy atom. The average Bonchev–Trinajstić information content (AvgIpc) is 0.899. The van der Waals surface area contributed by atoms with Crippen molar-refractivity contribution >= 4 is 33.6 Å². The van der Waals surface area contributed by atoms with Crippen LogP contribution in [0.2, 0.25) is 0 Å². The number of carbonyl (C=O) groups excluding carboxylic acids is 3. The Kier molecular flexibility index (Phi) is 82.4. The van der Waals surface area contributed by atoms with Gasteiger partial charge in [0.25, 0.3) is 0 Å². The molecule has 0 aromatic carbocycles. The zero-order chi connectivity index (χ0) is 82.2. The fourth-order valence-electron chi connectivity index (χ4n) is 11.7. The average molecular weight is 1620 g/mol. The Morgan fingerprint density at radius 2 is 0.469 bits per heavy atom. The van der Waals surface area contributed by atoms with E-state index in [2.05, 4.69) is 191 Å². The molecule has 0 aliphatic carbocycles. The van der Waals surface area contributed by atoms with E-state index in [1.807, 2.05) is 0 Å². The van der Waals surface area contributed by atoms with Crippen molar-refractivity contribution in [2.45, 2.75) is 373 Å². The number of ether oxygens (including phenoxy) is 3. The summed E-state index contributed by atoms with van der Waals surface area (Å²) < 4.78 is 61.4. The summed E-state index contributed by atoms with van der Waals surface area (Å²) in [4.78, 5) is 58.9. The zero-order valence-electron chi connectivity index (χ0n) is 71.0. The topological polar surface area (TPSA) is 231 Å². The Labute approximate surface area is 688 Å². The van der Waals surface area contributed by atoms with Crippen molar-refractivity contribution < 1.29 is 75.8 Å². The lowest BCUT2D eigenvalue weighted by molar-refractivity contribution is -0.161. The van der Waals surface area contributed by atoms with E-state index in [-0.39, 0.29) is 19.3 Å². The number of phosphoric acid groups is 2. The summed E-state index contributed by atoms with van der Waals surface area (Å²) in [5.41, 5.74) is 0. The number of hydrogen-bond donors (Lipinski definition) is 4. The van der Waals surface area contributed by atoms with Gasteiger partial charge in [-0.2, -0.15) is 0 Å². The first-order valence-electron chi connectivity index (χ1n) is 44.4. The maximum Gasteiger partial charge on any atom is 0.472 e. The van der Waals surface area contributed by atoms with Crippen molar-refractivity contribution in [1.29, 1.82) is 0 Å². The van der Waals surface area contributed by atoms with Crippen LogP contribution in [0.3, 0.4) is 0 Å². The molecule has 5 unspecified atom stereocenters. The largest absolute Gasteiger partial charge is 0.472 e. The third-order valence-electron chi connectivity index (χ3n) is 18.4. The van der Waals surface area contributed by atoms with E-state index in [1.54, 1.807) is 0 Å². The quantitative estimate of drug-likeness (QED) is 0.0146. The molecule has 0 amide bonds. The highest BCUT2D eigenvalue weighted by Crippen LogP contribution is 2.45. The van der Waals surface area contributed by atoms with E-state index >= 15 is 0 Å². The van der Waals surface area contributed by atoms with E-state index in [0.29, 0.717) is 19.3 Å². The number of allylic oxidation sites excluding steroid dienone is 28. The Balaban J connectivity index is 4.52. The fourth-order valence-corrected chi connectivity index (χ4v) is 13.3. The van der Waals surface area contributed by atoms with Crippen LogP contribution in [0.15, 0.2) is 170 Å². The first kappa shape index (κ1) is 108. The summed E-state index contributed by atoms with van der Waals surface area (Å²) in [6.07, 6.45) is 111. The molecule has 0 rings (SSSR count). The fraction of sp³-hybridized carbons (Fsp3) is 0.674. The predicted octanol–water partition coefficient (Wildman–Crippen LogP) is 27.1. The highest BCUT2D eigenvalue weighted by molar-refractivity contribution is 7.47. The van der Waals surface area contributed by atoms with E-state index in [1.165, 1.54) is 103 Å². The third-order valence-corrected chi connectivity index (χ3v) is 20.3. The second-order valence-corrected chi connectivity index (χ2v) is 32.2. The predicted molar refractivity (Wildman–Crippen MR) is 472 cm³/mol. The second kappa shape index (κ2) is 86.3. The van der Waals surface area contributed by atoms with Crippen molar-refractivity contribution in [2.75, 3.05) is 39.6 Å². The summed E-state index contributed by atoms with van der Waals surface area (Å²) in [6, 6.07) is 0. The molecule has 0 saturated heterocycles. The maximum absolute atomic E-state index is 13.0. The van der Waals surface area contributed by atoms with Crippen molar-refractivity contribution in [2.24, 2.45) is 0 Å². The minimum Gasteiger partial charge on any atom is -0.463 e. The number of phosphoric ester groups is 2. The second-order valence-electron chi connectivity index (χ2n) is 29.3. The number of rotatable bonds is 83. The first-order chi connectivity index (χ1) is 55.2. The molecule has 0 fully saturated rings. The van der Waals surface area contributed by atoms with Crippen LogP contribution in [0, 0.1) is 0 Å². The first-order valence-corrected chi connectivity index (χ1v) is 47.4. The molecule has 0 bridgehead atoms. The van der Waals surface area contributed by atoms with Crippen LogP contribution < -0.4 is 0 Å². The molecule has 5 atom stereocenters. The summed E-state index contributed by atoms with van der Waals surface area (Å²) in [5.74, 6) is -1.60. The smallest absolute Gasteiger partial charge is 0.463 e. The van der Waals surface area contributed by atoms with Crippen LogP contribution in [0.1, 0.15) is 355 Å². The molecule has 0 aromatic heterocycles. The lowest BCUT2D eigenvalue weighted by atomic mass is 10.0. The van der Waals surface area contributed by atoms with Crippen molar-refractivity contribution in [3.63, 3.8) is 0 Å². The van der Waals surface area contributed by atoms with Crippen LogP contribution in [-0.4, -0.2) is 95.9 Å². The van der Waals surface area contributed by atoms with Gasteiger partial charge in [0, 0.05) is 19.3 Å². The van der Waals surface area contributed by atoms with Gasteiger partial charge in [0.05, 0.1) is 26.4 Å². The van der Waals surface area contributed by atoms with E-state index in [9.17, 15) is 43.5 Å². The van der Waals surface area contributed by atoms with Gasteiger partial charge in [-0.15, -0.1) is 0 Å². The molecule has 0 aliphatic rings. The van der Waals surface area contributed by atoms with E-state index in [4.69, 9.17) is 32.3 Å². The Bertz CT molecular complexity index is 2730. The minimum atomic E-state index is -4.95. The van der Waals surface area contributed by atoms with E-state index < -0.39 is 91.5 Å². The highest BCUT2D eigenvalue weighted by Gasteiger charge is 2.29. The molecule has 0 aliphatic heterocycles. The number of esters is 3. The number of unbranched alkanes of at least 4 members (excludes halogenated alkanes) is 32. The SMILES string of the molecule is CC/C=C\C/C=C\C/C=C\C/C=C\C/C=C\C/C=C\CCCCCCCCCCCCCCCCCCC(=O)OCC(O)COP(=O)(O)OCC(O)COP(=O)(O)OCC(COC(=O)CCCCCCCCC/C=C\C/C=C\C/C=C\C/C=C\C/C=C\CC)OC(=O)CCCCCCCC/C=C\C/C=C\C/C=C\CCCCC. The van der Waals surface area contributed by atoms with Gasteiger partial charge < -0.3 is 34.2 Å². The molecule has 0 saturated carbocycles. The molecule has 0 heterocycles. The van der Waals surface area contributed by atoms with Crippen LogP contribution >= 0.6 is 15.6 Å². The lowest BCUT2D eigenvalue weighted by Crippen LogP contribution is -2.30. The van der Waals surface area contributed by atoms with Crippen molar-refractivity contribution in [1.82, 2.24) is 0 Å². The van der Waals surface area contributed by atoms with Gasteiger partial charge >= 0.3 is 33.6 Å².